The summed E-state index contributed by atoms with van der Waals surface area (Å²) in [6, 6.07) is 2.74. The number of hydrogen-bond donors (Lipinski definition) is 1. The van der Waals surface area contributed by atoms with Crippen LogP contribution in [0.15, 0.2) is 16.5 Å². The minimum absolute atomic E-state index is 0.0427. The lowest BCUT2D eigenvalue weighted by molar-refractivity contribution is 0.0438. The molecule has 0 saturated carbocycles. The van der Waals surface area contributed by atoms with Crippen molar-refractivity contribution in [1.82, 2.24) is 4.98 Å². The van der Waals surface area contributed by atoms with Crippen molar-refractivity contribution in [2.45, 2.75) is 18.3 Å². The molecule has 19 heavy (non-hydrogen) atoms. The molecule has 0 radical (unpaired) electrons. The van der Waals surface area contributed by atoms with Gasteiger partial charge in [-0.1, -0.05) is 11.6 Å². The fourth-order valence-corrected chi connectivity index (χ4v) is 2.58. The Bertz CT molecular complexity index is 569. The fourth-order valence-electron chi connectivity index (χ4n) is 2.42. The third-order valence-corrected chi connectivity index (χ3v) is 4.01. The highest BCUT2D eigenvalue weighted by atomic mass is 35.5. The number of halogens is 2. The van der Waals surface area contributed by atoms with Gasteiger partial charge >= 0.3 is 0 Å². The minimum Gasteiger partial charge on any atom is -0.440 e. The first kappa shape index (κ1) is 12.8. The van der Waals surface area contributed by atoms with Gasteiger partial charge in [0, 0.05) is 25.8 Å². The standard InChI is InChI=1S/C13H14ClFN2O2/c14-8-5-10-11(6-9(8)15)19-12(17-10)13(7-16)1-3-18-4-2-13/h5-6H,1-4,7,16H2. The minimum atomic E-state index is -0.509. The number of hydrogen-bond acceptors (Lipinski definition) is 4. The lowest BCUT2D eigenvalue weighted by atomic mass is 9.80. The molecule has 2 N–H and O–H groups in total. The zero-order valence-electron chi connectivity index (χ0n) is 10.3. The van der Waals surface area contributed by atoms with Crippen molar-refractivity contribution in [2.24, 2.45) is 5.73 Å². The highest BCUT2D eigenvalue weighted by molar-refractivity contribution is 6.31. The molecule has 0 spiro atoms. The van der Waals surface area contributed by atoms with E-state index in [1.807, 2.05) is 0 Å². The first-order valence-corrected chi connectivity index (χ1v) is 6.56. The molecule has 0 bridgehead atoms. The van der Waals surface area contributed by atoms with E-state index in [2.05, 4.69) is 4.98 Å². The molecule has 102 valence electrons. The van der Waals surface area contributed by atoms with Crippen LogP contribution in [0.5, 0.6) is 0 Å². The third kappa shape index (κ3) is 2.12. The summed E-state index contributed by atoms with van der Waals surface area (Å²) in [4.78, 5) is 4.43. The summed E-state index contributed by atoms with van der Waals surface area (Å²) in [5.41, 5.74) is 6.53. The second-order valence-electron chi connectivity index (χ2n) is 4.85. The van der Waals surface area contributed by atoms with Gasteiger partial charge in [-0.2, -0.15) is 0 Å². The first-order valence-electron chi connectivity index (χ1n) is 6.18. The predicted molar refractivity (Wildman–Crippen MR) is 69.8 cm³/mol. The van der Waals surface area contributed by atoms with E-state index in [1.165, 1.54) is 12.1 Å². The molecule has 3 rings (SSSR count). The van der Waals surface area contributed by atoms with Crippen molar-refractivity contribution in [3.8, 4) is 0 Å². The molecular formula is C13H14ClFN2O2. The van der Waals surface area contributed by atoms with Crippen molar-refractivity contribution in [1.29, 1.82) is 0 Å². The summed E-state index contributed by atoms with van der Waals surface area (Å²) in [5, 5.41) is 0.0427. The van der Waals surface area contributed by atoms with Crippen LogP contribution >= 0.6 is 11.6 Å². The lowest BCUT2D eigenvalue weighted by Gasteiger charge is -2.32. The van der Waals surface area contributed by atoms with Crippen LogP contribution in [0, 0.1) is 5.82 Å². The van der Waals surface area contributed by atoms with Crippen LogP contribution in [0.3, 0.4) is 0 Å². The molecule has 0 unspecified atom stereocenters. The number of nitrogens with two attached hydrogens (primary N) is 1. The fraction of sp³-hybridized carbons (Fsp3) is 0.462. The largest absolute Gasteiger partial charge is 0.440 e. The van der Waals surface area contributed by atoms with E-state index in [0.29, 0.717) is 36.7 Å². The van der Waals surface area contributed by atoms with Gasteiger partial charge in [-0.25, -0.2) is 9.37 Å². The summed E-state index contributed by atoms with van der Waals surface area (Å²) in [5.74, 6) is 0.0422. The van der Waals surface area contributed by atoms with Gasteiger partial charge in [0.25, 0.3) is 0 Å². The van der Waals surface area contributed by atoms with Crippen molar-refractivity contribution >= 4 is 22.7 Å². The maximum absolute atomic E-state index is 13.4. The molecule has 0 atom stereocenters. The molecule has 1 aromatic carbocycles. The number of ether oxygens (including phenoxy) is 1. The molecule has 4 nitrogen and oxygen atoms in total. The summed E-state index contributed by atoms with van der Waals surface area (Å²) in [7, 11) is 0. The van der Waals surface area contributed by atoms with E-state index < -0.39 is 5.82 Å². The quantitative estimate of drug-likeness (QED) is 0.921. The molecule has 6 heteroatoms. The number of aromatic nitrogens is 1. The average molecular weight is 285 g/mol. The van der Waals surface area contributed by atoms with E-state index >= 15 is 0 Å². The molecule has 0 amide bonds. The van der Waals surface area contributed by atoms with Gasteiger partial charge in [-0.15, -0.1) is 0 Å². The van der Waals surface area contributed by atoms with Crippen LogP contribution in [0.4, 0.5) is 4.39 Å². The van der Waals surface area contributed by atoms with Gasteiger partial charge in [0.05, 0.1) is 10.4 Å². The Morgan fingerprint density at radius 3 is 2.79 bits per heavy atom. The zero-order valence-corrected chi connectivity index (χ0v) is 11.0. The summed E-state index contributed by atoms with van der Waals surface area (Å²) in [6.45, 7) is 1.69. The van der Waals surface area contributed by atoms with Crippen LogP contribution in [0.25, 0.3) is 11.1 Å². The predicted octanol–water partition coefficient (Wildman–Crippen LogP) is 2.63. The zero-order chi connectivity index (χ0) is 13.5. The van der Waals surface area contributed by atoms with E-state index in [9.17, 15) is 4.39 Å². The molecule has 1 fully saturated rings. The number of rotatable bonds is 2. The molecule has 1 aromatic heterocycles. The van der Waals surface area contributed by atoms with Crippen molar-refractivity contribution < 1.29 is 13.5 Å². The molecule has 1 saturated heterocycles. The second-order valence-corrected chi connectivity index (χ2v) is 5.26. The second kappa shape index (κ2) is 4.74. The first-order chi connectivity index (χ1) is 9.14. The molecule has 1 aliphatic heterocycles. The normalized spacial score (nSPS) is 18.9. The molecule has 2 heterocycles. The lowest BCUT2D eigenvalue weighted by Crippen LogP contribution is -2.40. The van der Waals surface area contributed by atoms with Crippen molar-refractivity contribution in [3.05, 3.63) is 28.9 Å². The third-order valence-electron chi connectivity index (χ3n) is 3.72. The summed E-state index contributed by atoms with van der Waals surface area (Å²) in [6.07, 6.45) is 1.51. The molecule has 1 aliphatic rings. The molecule has 0 aliphatic carbocycles. The van der Waals surface area contributed by atoms with Gasteiger partial charge in [0.1, 0.15) is 11.3 Å². The van der Waals surface area contributed by atoms with E-state index in [4.69, 9.17) is 26.5 Å². The Morgan fingerprint density at radius 2 is 2.11 bits per heavy atom. The maximum Gasteiger partial charge on any atom is 0.203 e. The molecule has 2 aromatic rings. The van der Waals surface area contributed by atoms with Crippen LogP contribution in [-0.2, 0) is 10.2 Å². The Labute approximate surface area is 114 Å². The Morgan fingerprint density at radius 1 is 1.37 bits per heavy atom. The van der Waals surface area contributed by atoms with Gasteiger partial charge in [-0.05, 0) is 18.9 Å². The SMILES string of the molecule is NCC1(c2nc3cc(Cl)c(F)cc3o2)CCOCC1. The van der Waals surface area contributed by atoms with Crippen molar-refractivity contribution in [3.63, 3.8) is 0 Å². The Hall–Kier alpha value is -1.17. The van der Waals surface area contributed by atoms with Gasteiger partial charge in [0.15, 0.2) is 5.58 Å². The number of benzene rings is 1. The summed E-state index contributed by atoms with van der Waals surface area (Å²) >= 11 is 5.75. The Kier molecular flexibility index (Phi) is 3.20. The number of oxazole rings is 1. The maximum atomic E-state index is 13.4. The highest BCUT2D eigenvalue weighted by Gasteiger charge is 2.38. The number of nitrogens with zero attached hydrogens (tertiary/aromatic N) is 1. The van der Waals surface area contributed by atoms with Crippen LogP contribution in [0.1, 0.15) is 18.7 Å². The average Bonchev–Trinajstić information content (AvgIpc) is 2.83. The van der Waals surface area contributed by atoms with Gasteiger partial charge < -0.3 is 14.9 Å². The van der Waals surface area contributed by atoms with E-state index in [1.54, 1.807) is 0 Å². The van der Waals surface area contributed by atoms with E-state index in [-0.39, 0.29) is 10.4 Å². The molecular weight excluding hydrogens is 271 g/mol. The van der Waals surface area contributed by atoms with Crippen LogP contribution in [0.2, 0.25) is 5.02 Å². The monoisotopic (exact) mass is 284 g/mol. The highest BCUT2D eigenvalue weighted by Crippen LogP contribution is 2.35. The summed E-state index contributed by atoms with van der Waals surface area (Å²) < 4.78 is 24.5. The van der Waals surface area contributed by atoms with Gasteiger partial charge in [0.2, 0.25) is 5.89 Å². The number of fused-ring (bicyclic) bond motifs is 1. The smallest absolute Gasteiger partial charge is 0.203 e. The van der Waals surface area contributed by atoms with Gasteiger partial charge in [-0.3, -0.25) is 0 Å². The van der Waals surface area contributed by atoms with E-state index in [0.717, 1.165) is 12.8 Å². The van der Waals surface area contributed by atoms with Crippen LogP contribution < -0.4 is 5.73 Å². The Balaban J connectivity index is 2.09. The topological polar surface area (TPSA) is 61.3 Å². The van der Waals surface area contributed by atoms with Crippen molar-refractivity contribution in [2.75, 3.05) is 19.8 Å². The van der Waals surface area contributed by atoms with Crippen LogP contribution in [-0.4, -0.2) is 24.7 Å².